The highest BCUT2D eigenvalue weighted by atomic mass is 16.5. The van der Waals surface area contributed by atoms with Gasteiger partial charge in [-0.05, 0) is 35.7 Å². The van der Waals surface area contributed by atoms with Crippen LogP contribution in [0.5, 0.6) is 11.5 Å². The molecule has 142 valence electrons. The van der Waals surface area contributed by atoms with Crippen molar-refractivity contribution in [1.29, 1.82) is 0 Å². The largest absolute Gasteiger partial charge is 0.493 e. The van der Waals surface area contributed by atoms with E-state index in [4.69, 9.17) is 14.5 Å². The number of ether oxygens (including phenoxy) is 2. The number of fused-ring (bicyclic) bond motifs is 1. The maximum absolute atomic E-state index is 12.6. The summed E-state index contributed by atoms with van der Waals surface area (Å²) >= 11 is 0. The molecule has 6 heteroatoms. The van der Waals surface area contributed by atoms with Gasteiger partial charge in [-0.3, -0.25) is 9.20 Å². The van der Waals surface area contributed by atoms with Crippen LogP contribution in [0.15, 0.2) is 42.6 Å². The lowest BCUT2D eigenvalue weighted by molar-refractivity contribution is -0.117. The number of hydrogen-bond acceptors (Lipinski definition) is 4. The number of aromatic nitrogens is 2. The fourth-order valence-electron chi connectivity index (χ4n) is 2.96. The van der Waals surface area contributed by atoms with Crippen molar-refractivity contribution in [2.45, 2.75) is 27.2 Å². The third-order valence-electron chi connectivity index (χ3n) is 4.14. The van der Waals surface area contributed by atoms with Gasteiger partial charge in [0, 0.05) is 18.2 Å². The molecule has 1 amide bonds. The molecule has 1 N–H and O–H groups in total. The number of methoxy groups -OCH3 is 2. The van der Waals surface area contributed by atoms with Crippen LogP contribution >= 0.6 is 0 Å². The lowest BCUT2D eigenvalue weighted by Gasteiger charge is -2.17. The van der Waals surface area contributed by atoms with Gasteiger partial charge in [0.2, 0.25) is 5.91 Å². The molecule has 0 aliphatic rings. The summed E-state index contributed by atoms with van der Waals surface area (Å²) in [4.78, 5) is 17.3. The van der Waals surface area contributed by atoms with Gasteiger partial charge < -0.3 is 14.8 Å². The van der Waals surface area contributed by atoms with Gasteiger partial charge in [-0.2, -0.15) is 0 Å². The van der Waals surface area contributed by atoms with Gasteiger partial charge in [0.1, 0.15) is 17.2 Å². The van der Waals surface area contributed by atoms with Crippen molar-refractivity contribution in [3.63, 3.8) is 0 Å². The first-order valence-electron chi connectivity index (χ1n) is 8.82. The Bertz CT molecular complexity index is 970. The minimum atomic E-state index is -0.103. The molecule has 3 rings (SSSR count). The molecule has 6 nitrogen and oxygen atoms in total. The molecular weight excluding hydrogens is 342 g/mol. The van der Waals surface area contributed by atoms with Crippen LogP contribution in [0.2, 0.25) is 0 Å². The number of imidazole rings is 1. The predicted octanol–water partition coefficient (Wildman–Crippen LogP) is 4.39. The van der Waals surface area contributed by atoms with Crippen molar-refractivity contribution in [1.82, 2.24) is 9.38 Å². The smallest absolute Gasteiger partial charge is 0.226 e. The van der Waals surface area contributed by atoms with Crippen molar-refractivity contribution in [2.75, 3.05) is 19.5 Å². The molecular formula is C21H25N3O3. The van der Waals surface area contributed by atoms with Crippen LogP contribution in [-0.2, 0) is 4.79 Å². The predicted molar refractivity (Wildman–Crippen MR) is 106 cm³/mol. The van der Waals surface area contributed by atoms with Crippen molar-refractivity contribution in [3.8, 4) is 22.8 Å². The average molecular weight is 367 g/mol. The first kappa shape index (κ1) is 18.8. The van der Waals surface area contributed by atoms with E-state index in [2.05, 4.69) is 5.32 Å². The molecule has 0 bridgehead atoms. The number of nitrogens with one attached hydrogen (secondary N) is 1. The lowest BCUT2D eigenvalue weighted by atomic mass is 9.92. The summed E-state index contributed by atoms with van der Waals surface area (Å²) < 4.78 is 12.6. The highest BCUT2D eigenvalue weighted by Crippen LogP contribution is 2.35. The Balaban J connectivity index is 2.09. The summed E-state index contributed by atoms with van der Waals surface area (Å²) in [6.07, 6.45) is 2.30. The number of amides is 1. The van der Waals surface area contributed by atoms with Gasteiger partial charge in [0.05, 0.1) is 14.2 Å². The van der Waals surface area contributed by atoms with Crippen LogP contribution in [0, 0.1) is 5.41 Å². The molecule has 0 spiro atoms. The van der Waals surface area contributed by atoms with E-state index in [0.717, 1.165) is 11.2 Å². The molecule has 0 saturated carbocycles. The summed E-state index contributed by atoms with van der Waals surface area (Å²) in [5, 5.41) is 3.04. The maximum atomic E-state index is 12.6. The Labute approximate surface area is 159 Å². The first-order valence-corrected chi connectivity index (χ1v) is 8.82. The molecule has 0 radical (unpaired) electrons. The average Bonchev–Trinajstić information content (AvgIpc) is 2.98. The highest BCUT2D eigenvalue weighted by Gasteiger charge is 2.21. The Morgan fingerprint density at radius 1 is 1.11 bits per heavy atom. The van der Waals surface area contributed by atoms with Crippen LogP contribution in [0.4, 0.5) is 5.82 Å². The van der Waals surface area contributed by atoms with Gasteiger partial charge in [0.15, 0.2) is 11.5 Å². The zero-order chi connectivity index (χ0) is 19.6. The monoisotopic (exact) mass is 367 g/mol. The molecule has 0 fully saturated rings. The molecule has 3 aromatic rings. The number of carbonyl (C=O) groups excluding carboxylic acids is 1. The quantitative estimate of drug-likeness (QED) is 0.726. The number of anilines is 1. The summed E-state index contributed by atoms with van der Waals surface area (Å²) in [5.41, 5.74) is 2.17. The third-order valence-corrected chi connectivity index (χ3v) is 4.14. The molecule has 2 heterocycles. The van der Waals surface area contributed by atoms with Crippen LogP contribution in [0.25, 0.3) is 16.9 Å². The van der Waals surface area contributed by atoms with E-state index in [0.29, 0.717) is 29.4 Å². The Morgan fingerprint density at radius 3 is 2.52 bits per heavy atom. The van der Waals surface area contributed by atoms with E-state index in [-0.39, 0.29) is 11.3 Å². The van der Waals surface area contributed by atoms with Gasteiger partial charge in [-0.25, -0.2) is 4.98 Å². The number of hydrogen-bond donors (Lipinski definition) is 1. The zero-order valence-electron chi connectivity index (χ0n) is 16.4. The molecule has 0 aliphatic heterocycles. The van der Waals surface area contributed by atoms with E-state index in [1.165, 1.54) is 0 Å². The third kappa shape index (κ3) is 4.05. The summed E-state index contributed by atoms with van der Waals surface area (Å²) in [6.45, 7) is 6.11. The maximum Gasteiger partial charge on any atom is 0.226 e. The Morgan fingerprint density at radius 2 is 1.85 bits per heavy atom. The molecule has 0 unspecified atom stereocenters. The van der Waals surface area contributed by atoms with Gasteiger partial charge in [-0.15, -0.1) is 0 Å². The normalized spacial score (nSPS) is 11.4. The van der Waals surface area contributed by atoms with E-state index < -0.39 is 0 Å². The zero-order valence-corrected chi connectivity index (χ0v) is 16.4. The standard InChI is InChI=1S/C21H25N3O3/c1-21(2,3)13-18(25)23-20-19(22-17-8-6-7-11-24(17)20)14-9-10-15(26-4)16(12-14)27-5/h6-12H,13H2,1-5H3,(H,23,25). The number of benzene rings is 1. The molecule has 1 aromatic carbocycles. The first-order chi connectivity index (χ1) is 12.8. The van der Waals surface area contributed by atoms with Gasteiger partial charge in [-0.1, -0.05) is 26.8 Å². The van der Waals surface area contributed by atoms with Crippen LogP contribution < -0.4 is 14.8 Å². The minimum Gasteiger partial charge on any atom is -0.493 e. The van der Waals surface area contributed by atoms with E-state index in [9.17, 15) is 4.79 Å². The van der Waals surface area contributed by atoms with Crippen LogP contribution in [0.1, 0.15) is 27.2 Å². The summed E-state index contributed by atoms with van der Waals surface area (Å²) in [6, 6.07) is 11.3. The van der Waals surface area contributed by atoms with E-state index in [1.807, 2.05) is 67.8 Å². The lowest BCUT2D eigenvalue weighted by Crippen LogP contribution is -2.20. The topological polar surface area (TPSA) is 64.9 Å². The molecule has 2 aromatic heterocycles. The van der Waals surface area contributed by atoms with Crippen molar-refractivity contribution >= 4 is 17.4 Å². The molecule has 27 heavy (non-hydrogen) atoms. The SMILES string of the molecule is COc1ccc(-c2nc3ccccn3c2NC(=O)CC(C)(C)C)cc1OC. The Kier molecular flexibility index (Phi) is 5.08. The molecule has 0 aliphatic carbocycles. The molecule has 0 saturated heterocycles. The van der Waals surface area contributed by atoms with Gasteiger partial charge >= 0.3 is 0 Å². The number of nitrogens with zero attached hydrogens (tertiary/aromatic N) is 2. The van der Waals surface area contributed by atoms with Gasteiger partial charge in [0.25, 0.3) is 0 Å². The fraction of sp³-hybridized carbons (Fsp3) is 0.333. The van der Waals surface area contributed by atoms with Crippen LogP contribution in [-0.4, -0.2) is 29.5 Å². The van der Waals surface area contributed by atoms with E-state index in [1.54, 1.807) is 14.2 Å². The Hall–Kier alpha value is -3.02. The summed E-state index contributed by atoms with van der Waals surface area (Å²) in [7, 11) is 3.19. The highest BCUT2D eigenvalue weighted by molar-refractivity contribution is 5.95. The fourth-order valence-corrected chi connectivity index (χ4v) is 2.96. The minimum absolute atomic E-state index is 0.0464. The summed E-state index contributed by atoms with van der Waals surface area (Å²) in [5.74, 6) is 1.85. The van der Waals surface area contributed by atoms with Crippen LogP contribution in [0.3, 0.4) is 0 Å². The van der Waals surface area contributed by atoms with E-state index >= 15 is 0 Å². The van der Waals surface area contributed by atoms with Crippen molar-refractivity contribution < 1.29 is 14.3 Å². The second kappa shape index (κ2) is 7.31. The van der Waals surface area contributed by atoms with Crippen molar-refractivity contribution in [3.05, 3.63) is 42.6 Å². The second-order valence-electron chi connectivity index (χ2n) is 7.59. The van der Waals surface area contributed by atoms with Crippen molar-refractivity contribution in [2.24, 2.45) is 5.41 Å². The second-order valence-corrected chi connectivity index (χ2v) is 7.59. The number of carbonyl (C=O) groups is 1. The number of pyridine rings is 1. The number of rotatable bonds is 5. The molecule has 0 atom stereocenters.